The van der Waals surface area contributed by atoms with Gasteiger partial charge in [0.05, 0.1) is 18.8 Å². The number of hydrogen-bond acceptors (Lipinski definition) is 3. The van der Waals surface area contributed by atoms with Gasteiger partial charge >= 0.3 is 13.0 Å². The maximum Gasteiger partial charge on any atom is 0.442 e. The maximum atomic E-state index is 12.5. The highest BCUT2D eigenvalue weighted by atomic mass is 31.2. The summed E-state index contributed by atoms with van der Waals surface area (Å²) in [6.07, 6.45) is 0. The Morgan fingerprint density at radius 2 is 1.94 bits per heavy atom. The predicted molar refractivity (Wildman–Crippen MR) is 69.8 cm³/mol. The highest BCUT2D eigenvalue weighted by molar-refractivity contribution is 7.72. The van der Waals surface area contributed by atoms with E-state index in [0.717, 1.165) is 5.56 Å². The number of aryl methyl sites for hydroxylation is 1. The van der Waals surface area contributed by atoms with E-state index >= 15 is 0 Å². The van der Waals surface area contributed by atoms with E-state index in [0.29, 0.717) is 5.56 Å². The molecule has 0 saturated carbocycles. The van der Waals surface area contributed by atoms with Gasteiger partial charge in [0.25, 0.3) is 0 Å². The quantitative estimate of drug-likeness (QED) is 0.344. The molecular formula is C12H17N2O3P. The first-order valence-corrected chi connectivity index (χ1v) is 7.30. The van der Waals surface area contributed by atoms with Crippen LogP contribution in [-0.2, 0) is 13.6 Å². The summed E-state index contributed by atoms with van der Waals surface area (Å²) in [7, 11) is -3.57. The van der Waals surface area contributed by atoms with E-state index in [4.69, 9.17) is 14.6 Å². The van der Waals surface area contributed by atoms with Crippen molar-refractivity contribution in [3.05, 3.63) is 40.9 Å². The third kappa shape index (κ3) is 3.37. The molecule has 0 saturated heterocycles. The second-order valence-electron chi connectivity index (χ2n) is 3.63. The monoisotopic (exact) mass is 268 g/mol. The first-order chi connectivity index (χ1) is 8.57. The highest BCUT2D eigenvalue weighted by Crippen LogP contribution is 2.50. The maximum absolute atomic E-state index is 12.5. The molecule has 6 heteroatoms. The van der Waals surface area contributed by atoms with Crippen molar-refractivity contribution < 1.29 is 18.4 Å². The van der Waals surface area contributed by atoms with E-state index < -0.39 is 7.60 Å². The van der Waals surface area contributed by atoms with Crippen molar-refractivity contribution in [3.63, 3.8) is 0 Å². The molecular weight excluding hydrogens is 251 g/mol. The lowest BCUT2D eigenvalue weighted by molar-refractivity contribution is -0.00271. The van der Waals surface area contributed by atoms with Gasteiger partial charge in [0, 0.05) is 0 Å². The Labute approximate surface area is 107 Å². The molecule has 0 heterocycles. The normalized spacial score (nSPS) is 11.1. The van der Waals surface area contributed by atoms with Gasteiger partial charge in [-0.3, -0.25) is 0 Å². The molecule has 1 aromatic carbocycles. The van der Waals surface area contributed by atoms with Crippen LogP contribution >= 0.6 is 7.60 Å². The Hall–Kier alpha value is -1.25. The second kappa shape index (κ2) is 6.62. The minimum atomic E-state index is -3.57. The number of benzene rings is 1. The predicted octanol–water partition coefficient (Wildman–Crippen LogP) is 3.24. The standard InChI is InChI=1S/C12H17N2O3P/c1-4-16-18(15,17-5-2)12(14-13)11-8-6-7-10(3)9-11/h6-9H,4-5H2,1-3H3. The summed E-state index contributed by atoms with van der Waals surface area (Å²) < 4.78 is 22.8. The van der Waals surface area contributed by atoms with Crippen molar-refractivity contribution in [2.75, 3.05) is 13.2 Å². The molecule has 0 spiro atoms. The molecule has 0 aliphatic carbocycles. The van der Waals surface area contributed by atoms with Crippen LogP contribution in [0.2, 0.25) is 0 Å². The second-order valence-corrected chi connectivity index (χ2v) is 5.56. The van der Waals surface area contributed by atoms with E-state index in [1.807, 2.05) is 13.0 Å². The van der Waals surface area contributed by atoms with Crippen LogP contribution in [0.3, 0.4) is 0 Å². The summed E-state index contributed by atoms with van der Waals surface area (Å²) in [5.41, 5.74) is 10.6. The van der Waals surface area contributed by atoms with Gasteiger partial charge in [-0.2, -0.15) is 4.79 Å². The van der Waals surface area contributed by atoms with E-state index in [-0.39, 0.29) is 18.7 Å². The van der Waals surface area contributed by atoms with E-state index in [1.165, 1.54) is 0 Å². The number of nitrogens with zero attached hydrogens (tertiary/aromatic N) is 2. The molecule has 5 nitrogen and oxygen atoms in total. The van der Waals surface area contributed by atoms with Crippen LogP contribution in [0.25, 0.3) is 5.53 Å². The third-order valence-electron chi connectivity index (χ3n) is 2.23. The van der Waals surface area contributed by atoms with Gasteiger partial charge in [0.1, 0.15) is 0 Å². The van der Waals surface area contributed by atoms with Gasteiger partial charge in [0.15, 0.2) is 0 Å². The van der Waals surface area contributed by atoms with Gasteiger partial charge in [-0.05, 0) is 32.9 Å². The van der Waals surface area contributed by atoms with Crippen LogP contribution in [0.15, 0.2) is 24.3 Å². The van der Waals surface area contributed by atoms with Crippen molar-refractivity contribution in [1.82, 2.24) is 0 Å². The fourth-order valence-electron chi connectivity index (χ4n) is 1.55. The minimum absolute atomic E-state index is 0.0603. The Morgan fingerprint density at radius 1 is 1.33 bits per heavy atom. The molecule has 1 aromatic rings. The molecule has 0 aliphatic heterocycles. The van der Waals surface area contributed by atoms with Crippen molar-refractivity contribution in [2.24, 2.45) is 0 Å². The molecule has 0 N–H and O–H groups in total. The van der Waals surface area contributed by atoms with Gasteiger partial charge in [-0.15, -0.1) is 0 Å². The molecule has 0 fully saturated rings. The fourth-order valence-corrected chi connectivity index (χ4v) is 3.12. The summed E-state index contributed by atoms with van der Waals surface area (Å²) in [5.74, 6) is 0. The zero-order chi connectivity index (χ0) is 13.6. The molecule has 1 rings (SSSR count). The van der Waals surface area contributed by atoms with Gasteiger partial charge in [0.2, 0.25) is 0 Å². The lowest BCUT2D eigenvalue weighted by Gasteiger charge is -2.12. The van der Waals surface area contributed by atoms with Crippen LogP contribution in [0.1, 0.15) is 25.0 Å². The number of rotatable bonds is 6. The zero-order valence-electron chi connectivity index (χ0n) is 10.8. The molecule has 0 amide bonds. The molecule has 98 valence electrons. The van der Waals surface area contributed by atoms with Crippen LogP contribution in [0.4, 0.5) is 0 Å². The van der Waals surface area contributed by atoms with Crippen LogP contribution in [0, 0.1) is 6.92 Å². The van der Waals surface area contributed by atoms with Crippen molar-refractivity contribution in [1.29, 1.82) is 0 Å². The topological polar surface area (TPSA) is 71.9 Å². The highest BCUT2D eigenvalue weighted by Gasteiger charge is 2.40. The summed E-state index contributed by atoms with van der Waals surface area (Å²) in [6.45, 7) is 5.73. The van der Waals surface area contributed by atoms with Crippen molar-refractivity contribution in [3.8, 4) is 0 Å². The van der Waals surface area contributed by atoms with Crippen LogP contribution in [0.5, 0.6) is 0 Å². The lowest BCUT2D eigenvalue weighted by Crippen LogP contribution is -2.10. The number of hydrogen-bond donors (Lipinski definition) is 0. The van der Waals surface area contributed by atoms with E-state index in [9.17, 15) is 4.57 Å². The average Bonchev–Trinajstić information content (AvgIpc) is 2.30. The molecule has 0 unspecified atom stereocenters. The summed E-state index contributed by atoms with van der Waals surface area (Å²) >= 11 is 0. The summed E-state index contributed by atoms with van der Waals surface area (Å²) in [6, 6.07) is 7.15. The average molecular weight is 268 g/mol. The van der Waals surface area contributed by atoms with Gasteiger partial charge < -0.3 is 14.6 Å². The largest absolute Gasteiger partial charge is 0.442 e. The Morgan fingerprint density at radius 3 is 2.39 bits per heavy atom. The smallest absolute Gasteiger partial charge is 0.360 e. The Kier molecular flexibility index (Phi) is 5.45. The first-order valence-electron chi connectivity index (χ1n) is 5.76. The lowest BCUT2D eigenvalue weighted by atomic mass is 10.1. The molecule has 0 bridgehead atoms. The molecule has 0 atom stereocenters. The van der Waals surface area contributed by atoms with Crippen molar-refractivity contribution >= 4 is 13.0 Å². The molecule has 18 heavy (non-hydrogen) atoms. The van der Waals surface area contributed by atoms with Gasteiger partial charge in [-0.25, -0.2) is 4.57 Å². The SMILES string of the molecule is CCOP(=O)(OCC)C(=[N+]=[N-])c1cccc(C)c1. The van der Waals surface area contributed by atoms with E-state index in [2.05, 4.69) is 4.79 Å². The minimum Gasteiger partial charge on any atom is -0.360 e. The Balaban J connectivity index is 3.24. The third-order valence-corrected chi connectivity index (χ3v) is 4.29. The molecule has 0 aliphatic rings. The van der Waals surface area contributed by atoms with E-state index in [1.54, 1.807) is 32.0 Å². The van der Waals surface area contributed by atoms with Crippen LogP contribution < -0.4 is 0 Å². The summed E-state index contributed by atoms with van der Waals surface area (Å²) in [4.78, 5) is 3.11. The molecule has 0 radical (unpaired) electrons. The Bertz CT molecular complexity index is 500. The van der Waals surface area contributed by atoms with Gasteiger partial charge in [-0.1, -0.05) is 17.7 Å². The van der Waals surface area contributed by atoms with Crippen molar-refractivity contribution in [2.45, 2.75) is 20.8 Å². The fraction of sp³-hybridized carbons (Fsp3) is 0.417. The first kappa shape index (κ1) is 14.8. The van der Waals surface area contributed by atoms with Crippen LogP contribution in [-0.4, -0.2) is 23.5 Å². The zero-order valence-corrected chi connectivity index (χ0v) is 11.7. The molecule has 0 aromatic heterocycles. The summed E-state index contributed by atoms with van der Waals surface area (Å²) in [5, 5.41) is 0.